The summed E-state index contributed by atoms with van der Waals surface area (Å²) in [6.07, 6.45) is 0. The normalized spacial score (nSPS) is 9.36. The van der Waals surface area contributed by atoms with E-state index in [9.17, 15) is 0 Å². The summed E-state index contributed by atoms with van der Waals surface area (Å²) < 4.78 is 4.96. The largest absolute Gasteiger partial charge is 0.497 e. The molecule has 0 aliphatic carbocycles. The van der Waals surface area contributed by atoms with Gasteiger partial charge < -0.3 is 10.2 Å². The van der Waals surface area contributed by atoms with Gasteiger partial charge in [-0.15, -0.1) is 0 Å². The van der Waals surface area contributed by atoms with Crippen LogP contribution >= 0.6 is 11.6 Å². The Labute approximate surface area is 70.1 Å². The first-order valence-electron chi connectivity index (χ1n) is 3.08. The van der Waals surface area contributed by atoms with Crippen LogP contribution in [0.4, 0.5) is 5.69 Å². The molecule has 1 rings (SSSR count). The molecule has 0 spiro atoms. The maximum Gasteiger partial charge on any atom is 0.121 e. The number of nitrogen functional groups attached to an aromatic ring is 1. The van der Waals surface area contributed by atoms with Crippen LogP contribution in [0, 0.1) is 0 Å². The van der Waals surface area contributed by atoms with Crippen molar-refractivity contribution >= 4 is 17.3 Å². The average molecular weight is 173 g/mol. The maximum atomic E-state index is 5.76. The standard InChI is InChI=1S/C7H9ClN2O/c1-11-5-2-3-6(8)7(4-5)10-9/h2-4,10H,9H2,1H3. The van der Waals surface area contributed by atoms with Crippen LogP contribution in [0.3, 0.4) is 0 Å². The molecule has 60 valence electrons. The van der Waals surface area contributed by atoms with E-state index in [2.05, 4.69) is 5.43 Å². The van der Waals surface area contributed by atoms with Gasteiger partial charge in [0.2, 0.25) is 0 Å². The Balaban J connectivity index is 3.02. The quantitative estimate of drug-likeness (QED) is 0.527. The number of methoxy groups -OCH3 is 1. The van der Waals surface area contributed by atoms with Crippen LogP contribution in [-0.4, -0.2) is 7.11 Å². The molecule has 0 saturated heterocycles. The van der Waals surface area contributed by atoms with E-state index in [1.807, 2.05) is 0 Å². The molecule has 3 nitrogen and oxygen atoms in total. The Kier molecular flexibility index (Phi) is 2.57. The molecule has 0 aliphatic rings. The Morgan fingerprint density at radius 2 is 2.27 bits per heavy atom. The van der Waals surface area contributed by atoms with E-state index in [0.29, 0.717) is 10.7 Å². The lowest BCUT2D eigenvalue weighted by molar-refractivity contribution is 0.415. The van der Waals surface area contributed by atoms with Gasteiger partial charge in [-0.25, -0.2) is 0 Å². The molecule has 0 fully saturated rings. The van der Waals surface area contributed by atoms with Gasteiger partial charge in [0.15, 0.2) is 0 Å². The van der Waals surface area contributed by atoms with E-state index in [4.69, 9.17) is 22.2 Å². The number of benzene rings is 1. The van der Waals surface area contributed by atoms with Crippen LogP contribution in [0.5, 0.6) is 5.75 Å². The molecule has 0 aromatic heterocycles. The molecule has 0 radical (unpaired) electrons. The van der Waals surface area contributed by atoms with Gasteiger partial charge in [0.25, 0.3) is 0 Å². The van der Waals surface area contributed by atoms with E-state index >= 15 is 0 Å². The summed E-state index contributed by atoms with van der Waals surface area (Å²) in [6.45, 7) is 0. The van der Waals surface area contributed by atoms with Crippen LogP contribution in [0.2, 0.25) is 5.02 Å². The number of anilines is 1. The van der Waals surface area contributed by atoms with Gasteiger partial charge in [0, 0.05) is 6.07 Å². The van der Waals surface area contributed by atoms with Crippen molar-refractivity contribution in [3.63, 3.8) is 0 Å². The van der Waals surface area contributed by atoms with Gasteiger partial charge in [-0.3, -0.25) is 5.84 Å². The highest BCUT2D eigenvalue weighted by molar-refractivity contribution is 6.33. The Bertz CT molecular complexity index is 252. The second kappa shape index (κ2) is 3.46. The SMILES string of the molecule is COc1ccc(Cl)c(NN)c1. The van der Waals surface area contributed by atoms with E-state index in [1.54, 1.807) is 25.3 Å². The van der Waals surface area contributed by atoms with Crippen LogP contribution in [0.25, 0.3) is 0 Å². The van der Waals surface area contributed by atoms with E-state index in [0.717, 1.165) is 5.75 Å². The first kappa shape index (κ1) is 8.17. The van der Waals surface area contributed by atoms with Gasteiger partial charge in [-0.05, 0) is 12.1 Å². The lowest BCUT2D eigenvalue weighted by Crippen LogP contribution is -2.07. The van der Waals surface area contributed by atoms with E-state index in [-0.39, 0.29) is 0 Å². The number of hydrazine groups is 1. The molecule has 0 bridgehead atoms. The predicted octanol–water partition coefficient (Wildman–Crippen LogP) is 1.63. The Morgan fingerprint density at radius 3 is 2.82 bits per heavy atom. The molecule has 0 aliphatic heterocycles. The number of rotatable bonds is 2. The first-order chi connectivity index (χ1) is 5.27. The van der Waals surface area contributed by atoms with Gasteiger partial charge in [-0.1, -0.05) is 11.6 Å². The molecule has 1 aromatic carbocycles. The minimum absolute atomic E-state index is 0.577. The monoisotopic (exact) mass is 172 g/mol. The highest BCUT2D eigenvalue weighted by atomic mass is 35.5. The molecule has 0 amide bonds. The fourth-order valence-corrected chi connectivity index (χ4v) is 0.914. The molecule has 4 heteroatoms. The second-order valence-corrected chi connectivity index (χ2v) is 2.40. The summed E-state index contributed by atoms with van der Waals surface area (Å²) in [5.74, 6) is 5.91. The van der Waals surface area contributed by atoms with Crippen LogP contribution in [0.1, 0.15) is 0 Å². The van der Waals surface area contributed by atoms with Crippen LogP contribution in [-0.2, 0) is 0 Å². The van der Waals surface area contributed by atoms with Gasteiger partial charge in [0.1, 0.15) is 5.75 Å². The third-order valence-electron chi connectivity index (χ3n) is 1.33. The number of halogens is 1. The third kappa shape index (κ3) is 1.76. The molecule has 0 unspecified atom stereocenters. The zero-order valence-corrected chi connectivity index (χ0v) is 6.85. The van der Waals surface area contributed by atoms with Gasteiger partial charge >= 0.3 is 0 Å². The fraction of sp³-hybridized carbons (Fsp3) is 0.143. The third-order valence-corrected chi connectivity index (χ3v) is 1.66. The summed E-state index contributed by atoms with van der Waals surface area (Å²) in [6, 6.07) is 5.21. The highest BCUT2D eigenvalue weighted by Gasteiger charge is 1.98. The lowest BCUT2D eigenvalue weighted by atomic mass is 10.3. The van der Waals surface area contributed by atoms with Crippen molar-refractivity contribution in [2.75, 3.05) is 12.5 Å². The molecule has 1 aromatic rings. The van der Waals surface area contributed by atoms with Crippen molar-refractivity contribution in [3.05, 3.63) is 23.2 Å². The summed E-state index contributed by atoms with van der Waals surface area (Å²) >= 11 is 5.76. The minimum atomic E-state index is 0.577. The number of nitrogens with one attached hydrogen (secondary N) is 1. The molecule has 11 heavy (non-hydrogen) atoms. The van der Waals surface area contributed by atoms with E-state index in [1.165, 1.54) is 0 Å². The number of ether oxygens (including phenoxy) is 1. The number of hydrogen-bond acceptors (Lipinski definition) is 3. The van der Waals surface area contributed by atoms with Gasteiger partial charge in [0.05, 0.1) is 17.8 Å². The van der Waals surface area contributed by atoms with Crippen molar-refractivity contribution in [3.8, 4) is 5.75 Å². The molecule has 0 atom stereocenters. The average Bonchev–Trinajstić information content (AvgIpc) is 2.05. The smallest absolute Gasteiger partial charge is 0.121 e. The molecule has 3 N–H and O–H groups in total. The Hall–Kier alpha value is -0.930. The highest BCUT2D eigenvalue weighted by Crippen LogP contribution is 2.25. The van der Waals surface area contributed by atoms with Crippen molar-refractivity contribution in [1.29, 1.82) is 0 Å². The zero-order chi connectivity index (χ0) is 8.27. The summed E-state index contributed by atoms with van der Waals surface area (Å²) in [5.41, 5.74) is 3.12. The summed E-state index contributed by atoms with van der Waals surface area (Å²) in [5, 5.41) is 0.577. The van der Waals surface area contributed by atoms with Crippen molar-refractivity contribution < 1.29 is 4.74 Å². The fourth-order valence-electron chi connectivity index (χ4n) is 0.742. The minimum Gasteiger partial charge on any atom is -0.497 e. The molecule has 0 heterocycles. The van der Waals surface area contributed by atoms with Crippen molar-refractivity contribution in [1.82, 2.24) is 0 Å². The molecular formula is C7H9ClN2O. The first-order valence-corrected chi connectivity index (χ1v) is 3.46. The summed E-state index contributed by atoms with van der Waals surface area (Å²) in [4.78, 5) is 0. The Morgan fingerprint density at radius 1 is 1.55 bits per heavy atom. The van der Waals surface area contributed by atoms with Crippen molar-refractivity contribution in [2.24, 2.45) is 5.84 Å². The lowest BCUT2D eigenvalue weighted by Gasteiger charge is -2.04. The molecular weight excluding hydrogens is 164 g/mol. The van der Waals surface area contributed by atoms with Crippen LogP contribution < -0.4 is 16.0 Å². The summed E-state index contributed by atoms with van der Waals surface area (Å²) in [7, 11) is 1.59. The number of nitrogens with two attached hydrogens (primary N) is 1. The molecule has 0 saturated carbocycles. The second-order valence-electron chi connectivity index (χ2n) is 1.99. The van der Waals surface area contributed by atoms with E-state index < -0.39 is 0 Å². The number of hydrogen-bond donors (Lipinski definition) is 2. The van der Waals surface area contributed by atoms with Crippen LogP contribution in [0.15, 0.2) is 18.2 Å². The topological polar surface area (TPSA) is 47.3 Å². The predicted molar refractivity (Wildman–Crippen MR) is 45.8 cm³/mol. The maximum absolute atomic E-state index is 5.76. The van der Waals surface area contributed by atoms with Crippen molar-refractivity contribution in [2.45, 2.75) is 0 Å². The van der Waals surface area contributed by atoms with Gasteiger partial charge in [-0.2, -0.15) is 0 Å². The zero-order valence-electron chi connectivity index (χ0n) is 6.10.